The molecule has 1 aliphatic heterocycles. The minimum Gasteiger partial charge on any atom is -0.496 e. The van der Waals surface area contributed by atoms with Gasteiger partial charge in [-0.2, -0.15) is 0 Å². The van der Waals surface area contributed by atoms with Gasteiger partial charge in [-0.05, 0) is 29.7 Å². The maximum absolute atomic E-state index is 6.43. The Bertz CT molecular complexity index is 823. The summed E-state index contributed by atoms with van der Waals surface area (Å²) in [5, 5.41) is 0. The van der Waals surface area contributed by atoms with Crippen molar-refractivity contribution in [3.8, 4) is 11.5 Å². The number of rotatable bonds is 6. The van der Waals surface area contributed by atoms with E-state index in [0.717, 1.165) is 37.4 Å². The first-order valence-electron chi connectivity index (χ1n) is 9.48. The van der Waals surface area contributed by atoms with Crippen LogP contribution >= 0.6 is 0 Å². The average molecular weight is 359 g/mol. The van der Waals surface area contributed by atoms with E-state index in [1.807, 2.05) is 18.2 Å². The first-order chi connectivity index (χ1) is 13.3. The number of nitrogens with zero attached hydrogens (tertiary/aromatic N) is 1. The lowest BCUT2D eigenvalue weighted by molar-refractivity contribution is -0.00268. The molecule has 0 bridgehead atoms. The van der Waals surface area contributed by atoms with Crippen LogP contribution in [0.5, 0.6) is 11.5 Å². The van der Waals surface area contributed by atoms with Crippen molar-refractivity contribution < 1.29 is 9.47 Å². The second-order valence-electron chi connectivity index (χ2n) is 6.92. The maximum Gasteiger partial charge on any atom is 0.153 e. The lowest BCUT2D eigenvalue weighted by atomic mass is 10.0. The average Bonchev–Trinajstić information content (AvgIpc) is 2.74. The van der Waals surface area contributed by atoms with Crippen molar-refractivity contribution in [2.45, 2.75) is 32.2 Å². The molecule has 3 nitrogen and oxygen atoms in total. The monoisotopic (exact) mass is 359 g/mol. The third kappa shape index (κ3) is 4.15. The summed E-state index contributed by atoms with van der Waals surface area (Å²) in [7, 11) is 1.72. The summed E-state index contributed by atoms with van der Waals surface area (Å²) < 4.78 is 11.9. The Balaban J connectivity index is 1.58. The zero-order valence-electron chi connectivity index (χ0n) is 15.7. The fraction of sp³-hybridized carbons (Fsp3) is 0.250. The highest BCUT2D eigenvalue weighted by molar-refractivity contribution is 5.46. The highest BCUT2D eigenvalue weighted by atomic mass is 16.5. The Morgan fingerprint density at radius 1 is 0.852 bits per heavy atom. The summed E-state index contributed by atoms with van der Waals surface area (Å²) in [4.78, 5) is 2.42. The molecule has 0 saturated carbocycles. The van der Waals surface area contributed by atoms with E-state index in [4.69, 9.17) is 9.47 Å². The Morgan fingerprint density at radius 3 is 2.07 bits per heavy atom. The maximum atomic E-state index is 6.43. The minimum absolute atomic E-state index is 0.0463. The molecule has 0 spiro atoms. The number of benzene rings is 3. The van der Waals surface area contributed by atoms with Crippen LogP contribution in [0.15, 0.2) is 78.9 Å². The number of fused-ring (bicyclic) bond motifs is 1. The first-order valence-corrected chi connectivity index (χ1v) is 9.48. The van der Waals surface area contributed by atoms with Crippen LogP contribution in [0.1, 0.15) is 23.1 Å². The van der Waals surface area contributed by atoms with Gasteiger partial charge < -0.3 is 9.47 Å². The van der Waals surface area contributed by atoms with E-state index in [9.17, 15) is 0 Å². The van der Waals surface area contributed by atoms with E-state index in [0.29, 0.717) is 0 Å². The molecule has 0 amide bonds. The molecule has 0 aromatic heterocycles. The van der Waals surface area contributed by atoms with E-state index in [2.05, 4.69) is 65.6 Å². The quantitative estimate of drug-likeness (QED) is 0.615. The topological polar surface area (TPSA) is 21.7 Å². The molecule has 1 heterocycles. The number of methoxy groups -OCH3 is 1. The normalized spacial score (nSPS) is 15.9. The lowest BCUT2D eigenvalue weighted by Crippen LogP contribution is -2.41. The molecule has 0 saturated heterocycles. The molecular weight excluding hydrogens is 334 g/mol. The van der Waals surface area contributed by atoms with Crippen LogP contribution in [0.25, 0.3) is 0 Å². The molecule has 1 atom stereocenters. The Hall–Kier alpha value is -2.78. The number of hydrogen-bond acceptors (Lipinski definition) is 3. The molecule has 4 rings (SSSR count). The third-order valence-electron chi connectivity index (χ3n) is 5.08. The predicted molar refractivity (Wildman–Crippen MR) is 108 cm³/mol. The van der Waals surface area contributed by atoms with Crippen molar-refractivity contribution in [1.82, 2.24) is 4.90 Å². The van der Waals surface area contributed by atoms with Gasteiger partial charge in [0.1, 0.15) is 11.5 Å². The van der Waals surface area contributed by atoms with Crippen molar-refractivity contribution in [2.24, 2.45) is 0 Å². The summed E-state index contributed by atoms with van der Waals surface area (Å²) in [6, 6.07) is 27.3. The Labute approximate surface area is 161 Å². The second-order valence-corrected chi connectivity index (χ2v) is 6.92. The standard InChI is InChI=1S/C24H25NO2/c1-26-22-13-8-14-23-21(22)15-16-24(27-23)25(17-19-9-4-2-5-10-19)18-20-11-6-3-7-12-20/h2-14,24H,15-18H2,1H3/t24-/m1/s1. The summed E-state index contributed by atoms with van der Waals surface area (Å²) >= 11 is 0. The van der Waals surface area contributed by atoms with Gasteiger partial charge in [0.2, 0.25) is 0 Å². The Morgan fingerprint density at radius 2 is 1.48 bits per heavy atom. The van der Waals surface area contributed by atoms with Crippen molar-refractivity contribution in [3.63, 3.8) is 0 Å². The van der Waals surface area contributed by atoms with Crippen LogP contribution < -0.4 is 9.47 Å². The van der Waals surface area contributed by atoms with Gasteiger partial charge in [-0.25, -0.2) is 0 Å². The van der Waals surface area contributed by atoms with E-state index in [1.54, 1.807) is 7.11 Å². The minimum atomic E-state index is 0.0463. The van der Waals surface area contributed by atoms with E-state index in [-0.39, 0.29) is 6.23 Å². The molecule has 3 aromatic rings. The number of hydrogen-bond donors (Lipinski definition) is 0. The van der Waals surface area contributed by atoms with E-state index < -0.39 is 0 Å². The number of ether oxygens (including phenoxy) is 2. The van der Waals surface area contributed by atoms with Crippen LogP contribution in [0.2, 0.25) is 0 Å². The molecule has 0 unspecified atom stereocenters. The molecule has 0 N–H and O–H groups in total. The first kappa shape index (κ1) is 17.6. The van der Waals surface area contributed by atoms with Crippen LogP contribution in [0.4, 0.5) is 0 Å². The van der Waals surface area contributed by atoms with Gasteiger partial charge in [0.15, 0.2) is 6.23 Å². The summed E-state index contributed by atoms with van der Waals surface area (Å²) in [5.41, 5.74) is 3.78. The molecule has 27 heavy (non-hydrogen) atoms. The van der Waals surface area contributed by atoms with Crippen LogP contribution in [-0.2, 0) is 19.5 Å². The molecule has 138 valence electrons. The highest BCUT2D eigenvalue weighted by Crippen LogP contribution is 2.35. The molecule has 0 radical (unpaired) electrons. The predicted octanol–water partition coefficient (Wildman–Crippen LogP) is 5.05. The SMILES string of the molecule is COc1cccc2c1CC[C@H](N(Cc1ccccc1)Cc1ccccc1)O2. The second kappa shape index (κ2) is 8.28. The zero-order chi connectivity index (χ0) is 18.5. The van der Waals surface area contributed by atoms with Gasteiger partial charge in [-0.3, -0.25) is 4.90 Å². The Kier molecular flexibility index (Phi) is 5.40. The fourth-order valence-corrected chi connectivity index (χ4v) is 3.72. The third-order valence-corrected chi connectivity index (χ3v) is 5.08. The van der Waals surface area contributed by atoms with E-state index in [1.165, 1.54) is 16.7 Å². The van der Waals surface area contributed by atoms with Crippen molar-refractivity contribution >= 4 is 0 Å². The van der Waals surface area contributed by atoms with Gasteiger partial charge in [0.05, 0.1) is 7.11 Å². The van der Waals surface area contributed by atoms with Gasteiger partial charge in [0.25, 0.3) is 0 Å². The van der Waals surface area contributed by atoms with Gasteiger partial charge in [-0.15, -0.1) is 0 Å². The lowest BCUT2D eigenvalue weighted by Gasteiger charge is -2.36. The molecular formula is C24H25NO2. The summed E-state index contributed by atoms with van der Waals surface area (Å²) in [6.07, 6.45) is 1.96. The van der Waals surface area contributed by atoms with Gasteiger partial charge in [-0.1, -0.05) is 66.7 Å². The highest BCUT2D eigenvalue weighted by Gasteiger charge is 2.27. The largest absolute Gasteiger partial charge is 0.496 e. The smallest absolute Gasteiger partial charge is 0.153 e. The van der Waals surface area contributed by atoms with Gasteiger partial charge >= 0.3 is 0 Å². The molecule has 0 aliphatic carbocycles. The van der Waals surface area contributed by atoms with E-state index >= 15 is 0 Å². The molecule has 3 heteroatoms. The van der Waals surface area contributed by atoms with Gasteiger partial charge in [0, 0.05) is 25.1 Å². The van der Waals surface area contributed by atoms with Crippen molar-refractivity contribution in [2.75, 3.05) is 7.11 Å². The molecule has 1 aliphatic rings. The van der Waals surface area contributed by atoms with Crippen LogP contribution in [-0.4, -0.2) is 18.2 Å². The van der Waals surface area contributed by atoms with Crippen molar-refractivity contribution in [1.29, 1.82) is 0 Å². The summed E-state index contributed by atoms with van der Waals surface area (Å²) in [6.45, 7) is 1.72. The summed E-state index contributed by atoms with van der Waals surface area (Å²) in [5.74, 6) is 1.86. The molecule has 0 fully saturated rings. The van der Waals surface area contributed by atoms with Crippen molar-refractivity contribution in [3.05, 3.63) is 95.6 Å². The fourth-order valence-electron chi connectivity index (χ4n) is 3.72. The zero-order valence-corrected chi connectivity index (χ0v) is 15.7. The van der Waals surface area contributed by atoms with Crippen LogP contribution in [0, 0.1) is 0 Å². The molecule has 3 aromatic carbocycles. The van der Waals surface area contributed by atoms with Crippen LogP contribution in [0.3, 0.4) is 0 Å².